The van der Waals surface area contributed by atoms with Gasteiger partial charge in [0.05, 0.1) is 16.6 Å². The minimum Gasteiger partial charge on any atom is -0.463 e. The largest absolute Gasteiger partial charge is 0.463 e. The molecule has 4 nitrogen and oxygen atoms in total. The standard InChI is InChI=1S/C25H27BrO4/c1-2-24(27)29-17-5-6-18-9-11-19(12-10-18)20-13-15-21(16-14-20)25(28)30-23-8-4-3-7-22(23)26/h2-4,7-8,13-16,18-19H,1,5-6,9-12,17H2. The number of para-hydroxylation sites is 1. The normalized spacial score (nSPS) is 18.4. The lowest BCUT2D eigenvalue weighted by molar-refractivity contribution is -0.137. The molecule has 5 heteroatoms. The molecule has 0 spiro atoms. The molecule has 1 fully saturated rings. The molecule has 0 saturated heterocycles. The summed E-state index contributed by atoms with van der Waals surface area (Å²) in [5, 5.41) is 0. The van der Waals surface area contributed by atoms with Crippen LogP contribution < -0.4 is 4.74 Å². The number of ether oxygens (including phenoxy) is 2. The van der Waals surface area contributed by atoms with Crippen LogP contribution in [0.3, 0.4) is 0 Å². The molecule has 0 amide bonds. The Morgan fingerprint density at radius 3 is 2.40 bits per heavy atom. The highest BCUT2D eigenvalue weighted by molar-refractivity contribution is 9.10. The van der Waals surface area contributed by atoms with Gasteiger partial charge in [0.25, 0.3) is 0 Å². The summed E-state index contributed by atoms with van der Waals surface area (Å²) in [5.74, 6) is 1.05. The Kier molecular flexibility index (Phi) is 8.26. The highest BCUT2D eigenvalue weighted by Crippen LogP contribution is 2.37. The van der Waals surface area contributed by atoms with Crippen molar-refractivity contribution < 1.29 is 19.1 Å². The molecule has 0 unspecified atom stereocenters. The van der Waals surface area contributed by atoms with Gasteiger partial charge in [-0.05, 0) is 96.1 Å². The van der Waals surface area contributed by atoms with Crippen LogP contribution in [-0.2, 0) is 9.53 Å². The van der Waals surface area contributed by atoms with Crippen LogP contribution in [0.4, 0.5) is 0 Å². The second-order valence-electron chi connectivity index (χ2n) is 7.67. The monoisotopic (exact) mass is 470 g/mol. The van der Waals surface area contributed by atoms with Gasteiger partial charge in [-0.15, -0.1) is 0 Å². The molecule has 0 bridgehead atoms. The molecule has 3 rings (SSSR count). The number of carbonyl (C=O) groups excluding carboxylic acids is 2. The van der Waals surface area contributed by atoms with Gasteiger partial charge in [-0.1, -0.05) is 30.8 Å². The van der Waals surface area contributed by atoms with Gasteiger partial charge >= 0.3 is 11.9 Å². The Morgan fingerprint density at radius 2 is 1.73 bits per heavy atom. The van der Waals surface area contributed by atoms with Gasteiger partial charge in [0.2, 0.25) is 0 Å². The first-order valence-electron chi connectivity index (χ1n) is 10.4. The molecule has 158 valence electrons. The number of carbonyl (C=O) groups is 2. The predicted octanol–water partition coefficient (Wildman–Crippen LogP) is 6.45. The number of rotatable bonds is 8. The number of hydrogen-bond donors (Lipinski definition) is 0. The van der Waals surface area contributed by atoms with E-state index in [0.29, 0.717) is 29.8 Å². The molecule has 0 atom stereocenters. The van der Waals surface area contributed by atoms with E-state index in [2.05, 4.69) is 34.6 Å². The molecule has 30 heavy (non-hydrogen) atoms. The van der Waals surface area contributed by atoms with Crippen LogP contribution in [0.25, 0.3) is 0 Å². The minimum atomic E-state index is -0.352. The van der Waals surface area contributed by atoms with Crippen LogP contribution in [0.5, 0.6) is 5.75 Å². The van der Waals surface area contributed by atoms with Crippen molar-refractivity contribution in [3.63, 3.8) is 0 Å². The van der Waals surface area contributed by atoms with Crippen molar-refractivity contribution in [1.29, 1.82) is 0 Å². The first-order chi connectivity index (χ1) is 14.6. The first kappa shape index (κ1) is 22.3. The topological polar surface area (TPSA) is 52.6 Å². The third-order valence-corrected chi connectivity index (χ3v) is 6.33. The smallest absolute Gasteiger partial charge is 0.343 e. The van der Waals surface area contributed by atoms with Gasteiger partial charge in [-0.2, -0.15) is 0 Å². The van der Waals surface area contributed by atoms with Crippen LogP contribution >= 0.6 is 15.9 Å². The van der Waals surface area contributed by atoms with Gasteiger partial charge in [0, 0.05) is 6.08 Å². The maximum atomic E-state index is 12.4. The molecule has 2 aromatic carbocycles. The highest BCUT2D eigenvalue weighted by Gasteiger charge is 2.22. The molecule has 2 aromatic rings. The zero-order chi connectivity index (χ0) is 21.3. The Morgan fingerprint density at radius 1 is 1.03 bits per heavy atom. The molecule has 0 heterocycles. The van der Waals surface area contributed by atoms with E-state index in [-0.39, 0.29) is 11.9 Å². The second kappa shape index (κ2) is 11.1. The van der Waals surface area contributed by atoms with Gasteiger partial charge in [-0.25, -0.2) is 9.59 Å². The number of esters is 2. The summed E-state index contributed by atoms with van der Waals surface area (Å²) >= 11 is 3.39. The fourth-order valence-electron chi connectivity index (χ4n) is 3.97. The van der Waals surface area contributed by atoms with Crippen molar-refractivity contribution in [3.05, 3.63) is 76.8 Å². The van der Waals surface area contributed by atoms with Crippen LogP contribution in [-0.4, -0.2) is 18.5 Å². The van der Waals surface area contributed by atoms with Crippen molar-refractivity contribution in [2.24, 2.45) is 5.92 Å². The van der Waals surface area contributed by atoms with Crippen LogP contribution in [0, 0.1) is 5.92 Å². The fourth-order valence-corrected chi connectivity index (χ4v) is 4.33. The second-order valence-corrected chi connectivity index (χ2v) is 8.53. The molecule has 0 N–H and O–H groups in total. The van der Waals surface area contributed by atoms with E-state index in [1.807, 2.05) is 30.3 Å². The van der Waals surface area contributed by atoms with E-state index in [4.69, 9.17) is 9.47 Å². The molecular formula is C25H27BrO4. The van der Waals surface area contributed by atoms with Gasteiger partial charge < -0.3 is 9.47 Å². The lowest BCUT2D eigenvalue weighted by atomic mass is 9.77. The zero-order valence-electron chi connectivity index (χ0n) is 17.0. The predicted molar refractivity (Wildman–Crippen MR) is 121 cm³/mol. The average Bonchev–Trinajstić information content (AvgIpc) is 2.78. The maximum Gasteiger partial charge on any atom is 0.343 e. The molecule has 0 aliphatic heterocycles. The minimum absolute atomic E-state index is 0.345. The summed E-state index contributed by atoms with van der Waals surface area (Å²) in [4.78, 5) is 23.5. The average molecular weight is 471 g/mol. The highest BCUT2D eigenvalue weighted by atomic mass is 79.9. The Labute approximate surface area is 186 Å². The quantitative estimate of drug-likeness (QED) is 0.192. The summed E-state index contributed by atoms with van der Waals surface area (Å²) < 4.78 is 11.3. The van der Waals surface area contributed by atoms with E-state index >= 15 is 0 Å². The van der Waals surface area contributed by atoms with E-state index < -0.39 is 0 Å². The number of hydrogen-bond acceptors (Lipinski definition) is 4. The van der Waals surface area contributed by atoms with Crippen molar-refractivity contribution in [2.45, 2.75) is 44.4 Å². The zero-order valence-corrected chi connectivity index (χ0v) is 18.6. The third kappa shape index (κ3) is 6.30. The third-order valence-electron chi connectivity index (χ3n) is 5.67. The Hall–Kier alpha value is -2.40. The molecule has 0 aromatic heterocycles. The van der Waals surface area contributed by atoms with E-state index in [9.17, 15) is 9.59 Å². The number of benzene rings is 2. The summed E-state index contributed by atoms with van der Waals surface area (Å²) in [5.41, 5.74) is 1.84. The molecule has 0 radical (unpaired) electrons. The lowest BCUT2D eigenvalue weighted by Crippen LogP contribution is -2.15. The Bertz CT molecular complexity index is 867. The van der Waals surface area contributed by atoms with Crippen LogP contribution in [0.15, 0.2) is 65.7 Å². The molecule has 1 saturated carbocycles. The lowest BCUT2D eigenvalue weighted by Gasteiger charge is -2.29. The van der Waals surface area contributed by atoms with Crippen molar-refractivity contribution in [1.82, 2.24) is 0 Å². The van der Waals surface area contributed by atoms with E-state index in [0.717, 1.165) is 30.2 Å². The molecular weight excluding hydrogens is 444 g/mol. The summed E-state index contributed by atoms with van der Waals surface area (Å²) in [6.45, 7) is 3.88. The fraction of sp³-hybridized carbons (Fsp3) is 0.360. The molecule has 1 aliphatic carbocycles. The van der Waals surface area contributed by atoms with Gasteiger partial charge in [-0.3, -0.25) is 0 Å². The van der Waals surface area contributed by atoms with Crippen molar-refractivity contribution >= 4 is 27.9 Å². The summed E-state index contributed by atoms with van der Waals surface area (Å²) in [6, 6.07) is 15.1. The van der Waals surface area contributed by atoms with Gasteiger partial charge in [0.15, 0.2) is 0 Å². The SMILES string of the molecule is C=CC(=O)OCCCC1CCC(c2ccc(C(=O)Oc3ccccc3Br)cc2)CC1. The van der Waals surface area contributed by atoms with Crippen LogP contribution in [0.2, 0.25) is 0 Å². The summed E-state index contributed by atoms with van der Waals surface area (Å²) in [6.07, 6.45) is 7.88. The molecule has 1 aliphatic rings. The van der Waals surface area contributed by atoms with Gasteiger partial charge in [0.1, 0.15) is 5.75 Å². The van der Waals surface area contributed by atoms with Crippen LogP contribution in [0.1, 0.15) is 60.4 Å². The summed E-state index contributed by atoms with van der Waals surface area (Å²) in [7, 11) is 0. The van der Waals surface area contributed by atoms with Crippen molar-refractivity contribution in [2.75, 3.05) is 6.61 Å². The Balaban J connectivity index is 1.45. The first-order valence-corrected chi connectivity index (χ1v) is 11.2. The van der Waals surface area contributed by atoms with Crippen molar-refractivity contribution in [3.8, 4) is 5.75 Å². The number of halogens is 1. The van der Waals surface area contributed by atoms with E-state index in [1.165, 1.54) is 24.5 Å². The van der Waals surface area contributed by atoms with E-state index in [1.54, 1.807) is 6.07 Å². The maximum absolute atomic E-state index is 12.4.